The highest BCUT2D eigenvalue weighted by Crippen LogP contribution is 2.36. The van der Waals surface area contributed by atoms with E-state index in [1.165, 1.54) is 11.8 Å². The third-order valence-electron chi connectivity index (χ3n) is 4.10. The van der Waals surface area contributed by atoms with Crippen molar-refractivity contribution in [3.8, 4) is 16.2 Å². The molecule has 0 saturated heterocycles. The number of hydrogen-bond acceptors (Lipinski definition) is 6. The topological polar surface area (TPSA) is 52.1 Å². The number of thioether (sulfide) groups is 1. The number of aromatic nitrogens is 2. The number of hydrogen-bond donors (Lipinski definition) is 0. The third kappa shape index (κ3) is 3.86. The first-order valence-electron chi connectivity index (χ1n) is 8.34. The molecular formula is C21H16N2O2S2. The minimum absolute atomic E-state index is 0.0629. The number of thiophene rings is 1. The zero-order valence-electron chi connectivity index (χ0n) is 14.6. The van der Waals surface area contributed by atoms with Crippen LogP contribution in [-0.2, 0) is 0 Å². The van der Waals surface area contributed by atoms with Crippen LogP contribution in [0.2, 0.25) is 0 Å². The molecule has 0 bridgehead atoms. The van der Waals surface area contributed by atoms with E-state index in [4.69, 9.17) is 4.74 Å². The van der Waals surface area contributed by atoms with Crippen molar-refractivity contribution in [2.24, 2.45) is 0 Å². The van der Waals surface area contributed by atoms with Gasteiger partial charge in [0.2, 0.25) is 0 Å². The van der Waals surface area contributed by atoms with Crippen molar-refractivity contribution in [3.63, 3.8) is 0 Å². The van der Waals surface area contributed by atoms with Crippen molar-refractivity contribution in [1.29, 1.82) is 0 Å². The van der Waals surface area contributed by atoms with E-state index in [1.807, 2.05) is 18.2 Å². The Balaban J connectivity index is 1.55. The second-order valence-corrected chi connectivity index (χ2v) is 7.81. The van der Waals surface area contributed by atoms with E-state index in [2.05, 4.69) is 28.2 Å². The number of carbonyl (C=O) groups is 1. The van der Waals surface area contributed by atoms with E-state index in [1.54, 1.807) is 49.0 Å². The molecule has 0 atom stereocenters. The zero-order valence-corrected chi connectivity index (χ0v) is 16.2. The van der Waals surface area contributed by atoms with E-state index < -0.39 is 0 Å². The largest absolute Gasteiger partial charge is 0.497 e. The number of carbonyl (C=O) groups excluding carboxylic acids is 1. The van der Waals surface area contributed by atoms with E-state index in [0.717, 1.165) is 31.4 Å². The van der Waals surface area contributed by atoms with Gasteiger partial charge >= 0.3 is 0 Å². The predicted molar refractivity (Wildman–Crippen MR) is 111 cm³/mol. The SMILES string of the molecule is COc1ccc(C(=O)CSc2ncnc3sc(-c4ccccc4)cc23)cc1. The lowest BCUT2D eigenvalue weighted by atomic mass is 10.1. The molecule has 134 valence electrons. The Morgan fingerprint density at radius 2 is 1.85 bits per heavy atom. The molecule has 0 amide bonds. The fourth-order valence-electron chi connectivity index (χ4n) is 2.69. The van der Waals surface area contributed by atoms with Gasteiger partial charge in [-0.3, -0.25) is 4.79 Å². The van der Waals surface area contributed by atoms with Gasteiger partial charge in [0.25, 0.3) is 0 Å². The van der Waals surface area contributed by atoms with Crippen molar-refractivity contribution >= 4 is 39.1 Å². The minimum atomic E-state index is 0.0629. The molecule has 4 aromatic rings. The van der Waals surface area contributed by atoms with Crippen molar-refractivity contribution < 1.29 is 9.53 Å². The van der Waals surface area contributed by atoms with Crippen molar-refractivity contribution in [1.82, 2.24) is 9.97 Å². The molecule has 0 aliphatic rings. The molecule has 0 unspecified atom stereocenters. The summed E-state index contributed by atoms with van der Waals surface area (Å²) < 4.78 is 5.13. The van der Waals surface area contributed by atoms with Crippen molar-refractivity contribution in [2.75, 3.05) is 12.9 Å². The minimum Gasteiger partial charge on any atom is -0.497 e. The van der Waals surface area contributed by atoms with E-state index in [-0.39, 0.29) is 5.78 Å². The van der Waals surface area contributed by atoms with E-state index in [9.17, 15) is 4.79 Å². The number of Topliss-reactive ketones (excluding diaryl/α,β-unsaturated/α-hetero) is 1. The normalized spacial score (nSPS) is 10.9. The molecule has 27 heavy (non-hydrogen) atoms. The summed E-state index contributed by atoms with van der Waals surface area (Å²) in [5.41, 5.74) is 1.83. The van der Waals surface area contributed by atoms with Gasteiger partial charge in [0, 0.05) is 15.8 Å². The van der Waals surface area contributed by atoms with Crippen LogP contribution in [0.1, 0.15) is 10.4 Å². The Morgan fingerprint density at radius 1 is 1.07 bits per heavy atom. The second-order valence-electron chi connectivity index (χ2n) is 5.81. The summed E-state index contributed by atoms with van der Waals surface area (Å²) in [5.74, 6) is 1.13. The van der Waals surface area contributed by atoms with Gasteiger partial charge in [-0.05, 0) is 35.9 Å². The smallest absolute Gasteiger partial charge is 0.173 e. The first-order chi connectivity index (χ1) is 13.2. The van der Waals surface area contributed by atoms with Gasteiger partial charge in [-0.2, -0.15) is 0 Å². The Morgan fingerprint density at radius 3 is 2.59 bits per heavy atom. The summed E-state index contributed by atoms with van der Waals surface area (Å²) in [7, 11) is 1.61. The number of methoxy groups -OCH3 is 1. The van der Waals surface area contributed by atoms with Crippen molar-refractivity contribution in [3.05, 3.63) is 72.6 Å². The fourth-order valence-corrected chi connectivity index (χ4v) is 4.62. The van der Waals surface area contributed by atoms with Gasteiger partial charge in [0.1, 0.15) is 21.9 Å². The molecule has 4 rings (SSSR count). The van der Waals surface area contributed by atoms with Gasteiger partial charge in [-0.15, -0.1) is 11.3 Å². The van der Waals surface area contributed by atoms with Crippen LogP contribution in [-0.4, -0.2) is 28.6 Å². The molecule has 0 spiro atoms. The molecular weight excluding hydrogens is 376 g/mol. The molecule has 0 N–H and O–H groups in total. The van der Waals surface area contributed by atoms with Gasteiger partial charge in [0.15, 0.2) is 5.78 Å². The van der Waals surface area contributed by atoms with Crippen LogP contribution in [0.3, 0.4) is 0 Å². The molecule has 2 aromatic carbocycles. The van der Waals surface area contributed by atoms with Crippen LogP contribution >= 0.6 is 23.1 Å². The third-order valence-corrected chi connectivity index (χ3v) is 6.20. The average Bonchev–Trinajstić information content (AvgIpc) is 3.18. The lowest BCUT2D eigenvalue weighted by Gasteiger charge is -2.03. The summed E-state index contributed by atoms with van der Waals surface area (Å²) in [6, 6.07) is 19.5. The Hall–Kier alpha value is -2.70. The van der Waals surface area contributed by atoms with Crippen LogP contribution in [0.25, 0.3) is 20.7 Å². The van der Waals surface area contributed by atoms with Crippen LogP contribution in [0, 0.1) is 0 Å². The molecule has 0 fully saturated rings. The number of nitrogens with zero attached hydrogens (tertiary/aromatic N) is 2. The maximum absolute atomic E-state index is 12.5. The number of ketones is 1. The van der Waals surface area contributed by atoms with Gasteiger partial charge < -0.3 is 4.74 Å². The molecule has 0 radical (unpaired) electrons. The Kier molecular flexibility index (Phi) is 5.18. The van der Waals surface area contributed by atoms with Crippen LogP contribution in [0.5, 0.6) is 5.75 Å². The Bertz CT molecular complexity index is 1080. The van der Waals surface area contributed by atoms with Crippen LogP contribution in [0.15, 0.2) is 72.0 Å². The second kappa shape index (κ2) is 7.90. The summed E-state index contributed by atoms with van der Waals surface area (Å²) in [4.78, 5) is 23.3. The maximum atomic E-state index is 12.5. The van der Waals surface area contributed by atoms with Crippen molar-refractivity contribution in [2.45, 2.75) is 5.03 Å². The van der Waals surface area contributed by atoms with E-state index in [0.29, 0.717) is 11.3 Å². The lowest BCUT2D eigenvalue weighted by molar-refractivity contribution is 0.102. The molecule has 0 aliphatic heterocycles. The maximum Gasteiger partial charge on any atom is 0.173 e. The molecule has 4 nitrogen and oxygen atoms in total. The predicted octanol–water partition coefficient (Wildman–Crippen LogP) is 5.34. The van der Waals surface area contributed by atoms with Crippen LogP contribution in [0.4, 0.5) is 0 Å². The first kappa shape index (κ1) is 17.7. The summed E-state index contributed by atoms with van der Waals surface area (Å²) in [6.45, 7) is 0. The highest BCUT2D eigenvalue weighted by atomic mass is 32.2. The summed E-state index contributed by atoms with van der Waals surface area (Å²) >= 11 is 3.08. The molecule has 6 heteroatoms. The molecule has 2 heterocycles. The quantitative estimate of drug-likeness (QED) is 0.252. The summed E-state index contributed by atoms with van der Waals surface area (Å²) in [5, 5.41) is 1.83. The average molecular weight is 393 g/mol. The molecule has 0 aliphatic carbocycles. The monoisotopic (exact) mass is 392 g/mol. The number of fused-ring (bicyclic) bond motifs is 1. The zero-order chi connectivity index (χ0) is 18.6. The fraction of sp³-hybridized carbons (Fsp3) is 0.0952. The van der Waals surface area contributed by atoms with Gasteiger partial charge in [-0.1, -0.05) is 42.1 Å². The number of ether oxygens (including phenoxy) is 1. The Labute approximate surface area is 165 Å². The molecule has 0 saturated carbocycles. The highest BCUT2D eigenvalue weighted by molar-refractivity contribution is 8.00. The number of rotatable bonds is 6. The highest BCUT2D eigenvalue weighted by Gasteiger charge is 2.13. The molecule has 2 aromatic heterocycles. The first-order valence-corrected chi connectivity index (χ1v) is 10.1. The lowest BCUT2D eigenvalue weighted by Crippen LogP contribution is -2.02. The number of benzene rings is 2. The van der Waals surface area contributed by atoms with Gasteiger partial charge in [-0.25, -0.2) is 9.97 Å². The standard InChI is InChI=1S/C21H16N2O2S2/c1-25-16-9-7-14(8-10-16)18(24)12-26-20-17-11-19(15-5-3-2-4-6-15)27-21(17)23-13-22-20/h2-11,13H,12H2,1H3. The van der Waals surface area contributed by atoms with Crippen LogP contribution < -0.4 is 4.74 Å². The van der Waals surface area contributed by atoms with Gasteiger partial charge in [0.05, 0.1) is 12.9 Å². The summed E-state index contributed by atoms with van der Waals surface area (Å²) in [6.07, 6.45) is 1.56. The van der Waals surface area contributed by atoms with E-state index >= 15 is 0 Å².